The van der Waals surface area contributed by atoms with E-state index in [2.05, 4.69) is 25.9 Å². The van der Waals surface area contributed by atoms with Gasteiger partial charge in [0.05, 0.1) is 5.33 Å². The zero-order chi connectivity index (χ0) is 16.6. The molecule has 0 radical (unpaired) electrons. The van der Waals surface area contributed by atoms with Gasteiger partial charge in [-0.1, -0.05) is 15.9 Å². The van der Waals surface area contributed by atoms with Gasteiger partial charge in [0.15, 0.2) is 5.78 Å². The molecule has 0 spiro atoms. The van der Waals surface area contributed by atoms with E-state index in [-0.39, 0.29) is 23.1 Å². The van der Waals surface area contributed by atoms with Crippen LogP contribution in [0.25, 0.3) is 21.8 Å². The van der Waals surface area contributed by atoms with E-state index in [1.165, 1.54) is 0 Å². The molecular formula is C16H13BrN2O4. The van der Waals surface area contributed by atoms with Crippen LogP contribution in [0.1, 0.15) is 22.3 Å². The number of nitrogens with one attached hydrogen (secondary N) is 2. The molecular weight excluding hydrogens is 364 g/mol. The number of alkyl halides is 1. The zero-order valence-corrected chi connectivity index (χ0v) is 13.6. The van der Waals surface area contributed by atoms with Crippen molar-refractivity contribution in [2.45, 2.75) is 12.8 Å². The largest absolute Gasteiger partial charge is 0.481 e. The lowest BCUT2D eigenvalue weighted by molar-refractivity contribution is -0.136. The third-order valence-electron chi connectivity index (χ3n) is 3.78. The minimum Gasteiger partial charge on any atom is -0.481 e. The third-order valence-corrected chi connectivity index (χ3v) is 4.29. The summed E-state index contributed by atoms with van der Waals surface area (Å²) in [5.74, 6) is -0.961. The van der Waals surface area contributed by atoms with Gasteiger partial charge < -0.3 is 15.1 Å². The van der Waals surface area contributed by atoms with Crippen LogP contribution in [-0.2, 0) is 11.2 Å². The predicted octanol–water partition coefficient (Wildman–Crippen LogP) is 2.60. The molecule has 0 fully saturated rings. The summed E-state index contributed by atoms with van der Waals surface area (Å²) in [4.78, 5) is 40.5. The lowest BCUT2D eigenvalue weighted by Gasteiger charge is -2.05. The number of aromatic nitrogens is 2. The van der Waals surface area contributed by atoms with Crippen molar-refractivity contribution in [1.29, 1.82) is 0 Å². The van der Waals surface area contributed by atoms with Gasteiger partial charge in [0.1, 0.15) is 5.52 Å². The third kappa shape index (κ3) is 2.79. The first-order valence-corrected chi connectivity index (χ1v) is 8.10. The molecule has 0 aliphatic rings. The number of aryl methyl sites for hydroxylation is 1. The van der Waals surface area contributed by atoms with Crippen LogP contribution in [-0.4, -0.2) is 32.2 Å². The van der Waals surface area contributed by atoms with Gasteiger partial charge in [-0.2, -0.15) is 0 Å². The summed E-state index contributed by atoms with van der Waals surface area (Å²) < 4.78 is 0. The molecule has 0 amide bonds. The second-order valence-electron chi connectivity index (χ2n) is 5.23. The molecule has 0 bridgehead atoms. The first-order valence-electron chi connectivity index (χ1n) is 6.98. The number of carbonyl (C=O) groups is 2. The van der Waals surface area contributed by atoms with Crippen LogP contribution in [0.5, 0.6) is 0 Å². The van der Waals surface area contributed by atoms with Crippen LogP contribution in [0.4, 0.5) is 0 Å². The number of aromatic amines is 2. The second kappa shape index (κ2) is 6.00. The van der Waals surface area contributed by atoms with E-state index in [0.717, 1.165) is 10.9 Å². The van der Waals surface area contributed by atoms with Crippen molar-refractivity contribution in [2.75, 3.05) is 5.33 Å². The van der Waals surface area contributed by atoms with Gasteiger partial charge in [-0.15, -0.1) is 0 Å². The van der Waals surface area contributed by atoms with E-state index in [1.807, 2.05) is 0 Å². The zero-order valence-electron chi connectivity index (χ0n) is 12.0. The maximum absolute atomic E-state index is 12.1. The summed E-state index contributed by atoms with van der Waals surface area (Å²) in [6, 6.07) is 5.09. The molecule has 1 aromatic carbocycles. The van der Waals surface area contributed by atoms with Gasteiger partial charge in [-0.05, 0) is 30.2 Å². The Morgan fingerprint density at radius 3 is 2.74 bits per heavy atom. The van der Waals surface area contributed by atoms with E-state index in [0.29, 0.717) is 28.4 Å². The number of rotatable bonds is 5. The van der Waals surface area contributed by atoms with Crippen molar-refractivity contribution in [3.8, 4) is 0 Å². The monoisotopic (exact) mass is 376 g/mol. The smallest absolute Gasteiger partial charge is 0.303 e. The average Bonchev–Trinajstić information content (AvgIpc) is 2.97. The maximum Gasteiger partial charge on any atom is 0.303 e. The lowest BCUT2D eigenvalue weighted by atomic mass is 10.0. The minimum atomic E-state index is -0.899. The molecule has 0 saturated heterocycles. The number of pyridine rings is 1. The van der Waals surface area contributed by atoms with Crippen LogP contribution in [0, 0.1) is 0 Å². The van der Waals surface area contributed by atoms with Gasteiger partial charge in [0, 0.05) is 34.5 Å². The summed E-state index contributed by atoms with van der Waals surface area (Å²) in [5.41, 5.74) is 2.02. The van der Waals surface area contributed by atoms with Gasteiger partial charge >= 0.3 is 5.97 Å². The van der Waals surface area contributed by atoms with Crippen LogP contribution < -0.4 is 5.56 Å². The normalized spacial score (nSPS) is 11.2. The molecule has 3 aromatic rings. The van der Waals surface area contributed by atoms with Gasteiger partial charge in [-0.25, -0.2) is 0 Å². The van der Waals surface area contributed by atoms with Crippen LogP contribution in [0.2, 0.25) is 0 Å². The fourth-order valence-electron chi connectivity index (χ4n) is 2.69. The molecule has 0 saturated carbocycles. The standard InChI is InChI=1S/C16H13BrN2O4/c17-6-12(20)8-1-3-11-10(5-8)14-9(2-4-13(21)22)7-18-15(14)16(23)19-11/h1,3,5,7,18H,2,4,6H2,(H,19,23)(H,21,22). The Balaban J connectivity index is 2.28. The Kier molecular flexibility index (Phi) is 4.04. The van der Waals surface area contributed by atoms with E-state index < -0.39 is 5.97 Å². The number of benzene rings is 1. The Morgan fingerprint density at radius 1 is 1.26 bits per heavy atom. The number of halogens is 1. The fourth-order valence-corrected chi connectivity index (χ4v) is 3.01. The molecule has 3 rings (SSSR count). The predicted molar refractivity (Wildman–Crippen MR) is 90.5 cm³/mol. The Hall–Kier alpha value is -2.41. The van der Waals surface area contributed by atoms with Crippen molar-refractivity contribution in [3.05, 3.63) is 45.9 Å². The second-order valence-corrected chi connectivity index (χ2v) is 5.79. The van der Waals surface area contributed by atoms with Crippen molar-refractivity contribution in [3.63, 3.8) is 0 Å². The first-order chi connectivity index (χ1) is 11.0. The van der Waals surface area contributed by atoms with Gasteiger partial charge in [0.25, 0.3) is 5.56 Å². The Bertz CT molecular complexity index is 987. The molecule has 2 aromatic heterocycles. The van der Waals surface area contributed by atoms with Crippen LogP contribution in [0.15, 0.2) is 29.2 Å². The molecule has 0 aliphatic carbocycles. The SMILES string of the molecule is O=C(O)CCc1c[nH]c2c(=O)[nH]c3ccc(C(=O)CBr)cc3c12. The molecule has 118 valence electrons. The number of hydrogen-bond acceptors (Lipinski definition) is 3. The molecule has 0 unspecified atom stereocenters. The first kappa shape index (κ1) is 15.5. The highest BCUT2D eigenvalue weighted by molar-refractivity contribution is 9.09. The summed E-state index contributed by atoms with van der Waals surface area (Å²) in [6.07, 6.45) is 1.94. The summed E-state index contributed by atoms with van der Waals surface area (Å²) in [6.45, 7) is 0. The molecule has 3 N–H and O–H groups in total. The number of ketones is 1. The average molecular weight is 377 g/mol. The maximum atomic E-state index is 12.1. The summed E-state index contributed by atoms with van der Waals surface area (Å²) in [7, 11) is 0. The Labute approximate surface area is 138 Å². The van der Waals surface area contributed by atoms with E-state index in [1.54, 1.807) is 24.4 Å². The number of carboxylic acids is 1. The van der Waals surface area contributed by atoms with Crippen LogP contribution >= 0.6 is 15.9 Å². The highest BCUT2D eigenvalue weighted by Gasteiger charge is 2.14. The van der Waals surface area contributed by atoms with Crippen molar-refractivity contribution >= 4 is 49.5 Å². The van der Waals surface area contributed by atoms with Crippen molar-refractivity contribution < 1.29 is 14.7 Å². The topological polar surface area (TPSA) is 103 Å². The molecule has 0 atom stereocenters. The summed E-state index contributed by atoms with van der Waals surface area (Å²) in [5, 5.41) is 10.5. The van der Waals surface area contributed by atoms with Crippen LogP contribution in [0.3, 0.4) is 0 Å². The van der Waals surface area contributed by atoms with Crippen molar-refractivity contribution in [2.24, 2.45) is 0 Å². The number of H-pyrrole nitrogens is 2. The number of fused-ring (bicyclic) bond motifs is 3. The van der Waals surface area contributed by atoms with Crippen molar-refractivity contribution in [1.82, 2.24) is 9.97 Å². The molecule has 0 aliphatic heterocycles. The number of carboxylic acid groups (broad SMARTS) is 1. The number of Topliss-reactive ketones (excluding diaryl/α,β-unsaturated/α-hetero) is 1. The number of hydrogen-bond donors (Lipinski definition) is 3. The number of aliphatic carboxylic acids is 1. The number of carbonyl (C=O) groups excluding carboxylic acids is 1. The van der Waals surface area contributed by atoms with E-state index in [4.69, 9.17) is 5.11 Å². The molecule has 6 nitrogen and oxygen atoms in total. The molecule has 23 heavy (non-hydrogen) atoms. The summed E-state index contributed by atoms with van der Waals surface area (Å²) >= 11 is 3.15. The fraction of sp³-hybridized carbons (Fsp3) is 0.188. The quantitative estimate of drug-likeness (QED) is 0.470. The lowest BCUT2D eigenvalue weighted by Crippen LogP contribution is -2.07. The Morgan fingerprint density at radius 2 is 2.04 bits per heavy atom. The minimum absolute atomic E-state index is 0.0265. The van der Waals surface area contributed by atoms with Gasteiger partial charge in [-0.3, -0.25) is 14.4 Å². The molecule has 2 heterocycles. The van der Waals surface area contributed by atoms with E-state index >= 15 is 0 Å². The highest BCUT2D eigenvalue weighted by atomic mass is 79.9. The highest BCUT2D eigenvalue weighted by Crippen LogP contribution is 2.26. The molecule has 7 heteroatoms. The van der Waals surface area contributed by atoms with Gasteiger partial charge in [0.2, 0.25) is 0 Å². The van der Waals surface area contributed by atoms with E-state index in [9.17, 15) is 14.4 Å².